The van der Waals surface area contributed by atoms with E-state index in [4.69, 9.17) is 17.3 Å². The first-order valence-corrected chi connectivity index (χ1v) is 4.58. The number of halogens is 1. The van der Waals surface area contributed by atoms with Crippen molar-refractivity contribution in [2.24, 2.45) is 0 Å². The molecule has 0 radical (unpaired) electrons. The molecule has 14 heavy (non-hydrogen) atoms. The summed E-state index contributed by atoms with van der Waals surface area (Å²) in [4.78, 5) is 13.1. The number of benzene rings is 1. The van der Waals surface area contributed by atoms with E-state index in [2.05, 4.69) is 0 Å². The van der Waals surface area contributed by atoms with E-state index < -0.39 is 0 Å². The van der Waals surface area contributed by atoms with Gasteiger partial charge in [-0.3, -0.25) is 4.79 Å². The van der Waals surface area contributed by atoms with Gasteiger partial charge in [0.25, 0.3) is 5.91 Å². The zero-order valence-corrected chi connectivity index (χ0v) is 9.22. The normalized spacial score (nSPS) is 10.0. The van der Waals surface area contributed by atoms with E-state index in [1.165, 1.54) is 4.90 Å². The lowest BCUT2D eigenvalue weighted by atomic mass is 10.1. The molecule has 0 aliphatic heterocycles. The quantitative estimate of drug-likeness (QED) is 0.724. The molecule has 0 bridgehead atoms. The Hall–Kier alpha value is -1.22. The number of nitrogens with zero attached hydrogens (tertiary/aromatic N) is 1. The molecule has 0 fully saturated rings. The third kappa shape index (κ3) is 1.99. The minimum absolute atomic E-state index is 0.131. The standard InChI is InChI=1S/C10H13ClN2O/c1-6-4-7(11)5-8(9(6)12)10(14)13(2)3/h4-5H,12H2,1-3H3. The van der Waals surface area contributed by atoms with Crippen molar-refractivity contribution in [3.63, 3.8) is 0 Å². The van der Waals surface area contributed by atoms with Crippen LogP contribution in [0.25, 0.3) is 0 Å². The van der Waals surface area contributed by atoms with Crippen LogP contribution in [-0.2, 0) is 0 Å². The van der Waals surface area contributed by atoms with Crippen LogP contribution in [0.1, 0.15) is 15.9 Å². The Morgan fingerprint density at radius 1 is 1.43 bits per heavy atom. The van der Waals surface area contributed by atoms with E-state index in [1.54, 1.807) is 26.2 Å². The average Bonchev–Trinajstić information content (AvgIpc) is 2.09. The molecule has 0 aliphatic carbocycles. The Labute approximate surface area is 88.5 Å². The summed E-state index contributed by atoms with van der Waals surface area (Å²) in [6.45, 7) is 1.83. The number of nitrogens with two attached hydrogens (primary N) is 1. The van der Waals surface area contributed by atoms with Gasteiger partial charge in [-0.25, -0.2) is 0 Å². The molecule has 1 rings (SSSR count). The van der Waals surface area contributed by atoms with Gasteiger partial charge in [0.15, 0.2) is 0 Å². The van der Waals surface area contributed by atoms with Crippen molar-refractivity contribution in [2.45, 2.75) is 6.92 Å². The number of nitrogen functional groups attached to an aromatic ring is 1. The van der Waals surface area contributed by atoms with E-state index in [0.29, 0.717) is 16.3 Å². The van der Waals surface area contributed by atoms with E-state index in [9.17, 15) is 4.79 Å². The Morgan fingerprint density at radius 2 is 2.00 bits per heavy atom. The summed E-state index contributed by atoms with van der Waals surface area (Å²) in [5.74, 6) is -0.131. The van der Waals surface area contributed by atoms with Crippen LogP contribution in [0.15, 0.2) is 12.1 Å². The van der Waals surface area contributed by atoms with Crippen molar-refractivity contribution in [1.29, 1.82) is 0 Å². The molecule has 76 valence electrons. The second kappa shape index (κ2) is 3.88. The van der Waals surface area contributed by atoms with Gasteiger partial charge in [0.2, 0.25) is 0 Å². The van der Waals surface area contributed by atoms with Crippen molar-refractivity contribution in [1.82, 2.24) is 4.90 Å². The second-order valence-electron chi connectivity index (χ2n) is 3.38. The topological polar surface area (TPSA) is 46.3 Å². The maximum Gasteiger partial charge on any atom is 0.255 e. The van der Waals surface area contributed by atoms with Crippen LogP contribution in [0, 0.1) is 6.92 Å². The van der Waals surface area contributed by atoms with Crippen molar-refractivity contribution in [3.8, 4) is 0 Å². The van der Waals surface area contributed by atoms with Crippen LogP contribution in [0.5, 0.6) is 0 Å². The Bertz CT molecular complexity index is 375. The average molecular weight is 213 g/mol. The monoisotopic (exact) mass is 212 g/mol. The van der Waals surface area contributed by atoms with Crippen LogP contribution in [-0.4, -0.2) is 24.9 Å². The molecule has 0 aliphatic rings. The number of aryl methyl sites for hydroxylation is 1. The van der Waals surface area contributed by atoms with E-state index in [-0.39, 0.29) is 5.91 Å². The van der Waals surface area contributed by atoms with Gasteiger partial charge in [-0.2, -0.15) is 0 Å². The van der Waals surface area contributed by atoms with E-state index in [0.717, 1.165) is 5.56 Å². The van der Waals surface area contributed by atoms with Gasteiger partial charge in [-0.1, -0.05) is 11.6 Å². The summed E-state index contributed by atoms with van der Waals surface area (Å²) < 4.78 is 0. The maximum absolute atomic E-state index is 11.7. The van der Waals surface area contributed by atoms with Crippen LogP contribution < -0.4 is 5.73 Å². The zero-order valence-electron chi connectivity index (χ0n) is 8.47. The van der Waals surface area contributed by atoms with Crippen molar-refractivity contribution < 1.29 is 4.79 Å². The molecule has 0 spiro atoms. The SMILES string of the molecule is Cc1cc(Cl)cc(C(=O)N(C)C)c1N. The van der Waals surface area contributed by atoms with Gasteiger partial charge < -0.3 is 10.6 Å². The number of hydrogen-bond acceptors (Lipinski definition) is 2. The Balaban J connectivity index is 3.27. The number of amides is 1. The number of hydrogen-bond donors (Lipinski definition) is 1. The van der Waals surface area contributed by atoms with Gasteiger partial charge >= 0.3 is 0 Å². The molecule has 4 heteroatoms. The first-order chi connectivity index (χ1) is 6.43. The highest BCUT2D eigenvalue weighted by atomic mass is 35.5. The lowest BCUT2D eigenvalue weighted by Crippen LogP contribution is -2.23. The number of carbonyl (C=O) groups is 1. The summed E-state index contributed by atoms with van der Waals surface area (Å²) in [6, 6.07) is 3.33. The lowest BCUT2D eigenvalue weighted by Gasteiger charge is -2.13. The maximum atomic E-state index is 11.7. The van der Waals surface area contributed by atoms with Crippen molar-refractivity contribution in [3.05, 3.63) is 28.3 Å². The molecule has 1 aromatic rings. The smallest absolute Gasteiger partial charge is 0.255 e. The lowest BCUT2D eigenvalue weighted by molar-refractivity contribution is 0.0828. The van der Waals surface area contributed by atoms with Crippen molar-refractivity contribution >= 4 is 23.2 Å². The zero-order chi connectivity index (χ0) is 10.9. The third-order valence-electron chi connectivity index (χ3n) is 1.99. The largest absolute Gasteiger partial charge is 0.398 e. The van der Waals surface area contributed by atoms with Crippen LogP contribution in [0.4, 0.5) is 5.69 Å². The molecule has 0 heterocycles. The van der Waals surface area contributed by atoms with Gasteiger partial charge in [-0.05, 0) is 24.6 Å². The third-order valence-corrected chi connectivity index (χ3v) is 2.21. The summed E-state index contributed by atoms with van der Waals surface area (Å²) in [6.07, 6.45) is 0. The van der Waals surface area contributed by atoms with Crippen LogP contribution >= 0.6 is 11.6 Å². The van der Waals surface area contributed by atoms with Gasteiger partial charge in [0.05, 0.1) is 5.56 Å². The summed E-state index contributed by atoms with van der Waals surface area (Å²) in [5.41, 5.74) is 7.56. The summed E-state index contributed by atoms with van der Waals surface area (Å²) in [5, 5.41) is 0.530. The Kier molecular flexibility index (Phi) is 3.01. The molecule has 0 saturated heterocycles. The molecule has 3 nitrogen and oxygen atoms in total. The van der Waals surface area contributed by atoms with E-state index in [1.807, 2.05) is 6.92 Å². The van der Waals surface area contributed by atoms with E-state index >= 15 is 0 Å². The van der Waals surface area contributed by atoms with Crippen molar-refractivity contribution in [2.75, 3.05) is 19.8 Å². The molecule has 0 aromatic heterocycles. The Morgan fingerprint density at radius 3 is 2.50 bits per heavy atom. The minimum atomic E-state index is -0.131. The minimum Gasteiger partial charge on any atom is -0.398 e. The molecule has 2 N–H and O–H groups in total. The first-order valence-electron chi connectivity index (χ1n) is 4.20. The molecule has 0 unspecified atom stereocenters. The summed E-state index contributed by atoms with van der Waals surface area (Å²) in [7, 11) is 3.36. The fourth-order valence-corrected chi connectivity index (χ4v) is 1.44. The number of anilines is 1. The van der Waals surface area contributed by atoms with Gasteiger partial charge in [0.1, 0.15) is 0 Å². The molecule has 0 atom stereocenters. The second-order valence-corrected chi connectivity index (χ2v) is 3.82. The molecule has 0 saturated carbocycles. The number of carbonyl (C=O) groups excluding carboxylic acids is 1. The predicted octanol–water partition coefficient (Wildman–Crippen LogP) is 1.93. The highest BCUT2D eigenvalue weighted by molar-refractivity contribution is 6.31. The highest BCUT2D eigenvalue weighted by Crippen LogP contribution is 2.23. The molecule has 1 aromatic carbocycles. The highest BCUT2D eigenvalue weighted by Gasteiger charge is 2.13. The molecular formula is C10H13ClN2O. The van der Waals surface area contributed by atoms with Gasteiger partial charge in [-0.15, -0.1) is 0 Å². The first kappa shape index (κ1) is 10.9. The predicted molar refractivity (Wildman–Crippen MR) is 58.6 cm³/mol. The molecule has 1 amide bonds. The molecular weight excluding hydrogens is 200 g/mol. The van der Waals surface area contributed by atoms with Crippen LogP contribution in [0.3, 0.4) is 0 Å². The van der Waals surface area contributed by atoms with Crippen LogP contribution in [0.2, 0.25) is 5.02 Å². The fourth-order valence-electron chi connectivity index (χ4n) is 1.17. The summed E-state index contributed by atoms with van der Waals surface area (Å²) >= 11 is 5.84. The fraction of sp³-hybridized carbons (Fsp3) is 0.300. The number of rotatable bonds is 1. The van der Waals surface area contributed by atoms with Gasteiger partial charge in [0, 0.05) is 24.8 Å².